The lowest BCUT2D eigenvalue weighted by Gasteiger charge is -2.44. The molecule has 1 aliphatic carbocycles. The van der Waals surface area contributed by atoms with Gasteiger partial charge in [0.15, 0.2) is 5.96 Å². The van der Waals surface area contributed by atoms with E-state index < -0.39 is 0 Å². The lowest BCUT2D eigenvalue weighted by molar-refractivity contribution is -0.0721. The predicted molar refractivity (Wildman–Crippen MR) is 124 cm³/mol. The summed E-state index contributed by atoms with van der Waals surface area (Å²) in [4.78, 5) is 10.0. The first-order chi connectivity index (χ1) is 14.5. The summed E-state index contributed by atoms with van der Waals surface area (Å²) in [7, 11) is 4.47. The fraction of sp³-hybridized carbons (Fsp3) is 0.958. The van der Waals surface area contributed by atoms with Crippen LogP contribution in [0, 0.1) is 5.92 Å². The summed E-state index contributed by atoms with van der Waals surface area (Å²) in [5.74, 6) is 1.88. The van der Waals surface area contributed by atoms with E-state index in [1.54, 1.807) is 0 Å². The van der Waals surface area contributed by atoms with Crippen molar-refractivity contribution in [2.24, 2.45) is 10.9 Å². The Morgan fingerprint density at radius 1 is 1.17 bits per heavy atom. The van der Waals surface area contributed by atoms with Gasteiger partial charge in [-0.3, -0.25) is 4.99 Å². The van der Waals surface area contributed by atoms with Crippen LogP contribution >= 0.6 is 0 Å². The molecule has 0 amide bonds. The Kier molecular flexibility index (Phi) is 9.27. The zero-order chi connectivity index (χ0) is 21.4. The Hall–Kier alpha value is -0.850. The van der Waals surface area contributed by atoms with Gasteiger partial charge >= 0.3 is 0 Å². The molecule has 3 unspecified atom stereocenters. The van der Waals surface area contributed by atoms with Crippen LogP contribution < -0.4 is 5.32 Å². The molecule has 0 aromatic heterocycles. The Bertz CT molecular complexity index is 527. The number of nitrogens with one attached hydrogen (secondary N) is 1. The molecule has 3 fully saturated rings. The number of aliphatic imine (C=N–C) groups is 1. The van der Waals surface area contributed by atoms with Gasteiger partial charge in [-0.15, -0.1) is 0 Å². The van der Waals surface area contributed by atoms with E-state index in [2.05, 4.69) is 43.1 Å². The van der Waals surface area contributed by atoms with Crippen molar-refractivity contribution in [1.29, 1.82) is 0 Å². The SMILES string of the molecule is CCNC(=NCC1(N(C)C)CCCC(C)C1)N1CCC(OCC2CCCCO2)CC1. The molecule has 1 N–H and O–H groups in total. The Morgan fingerprint density at radius 2 is 1.97 bits per heavy atom. The molecule has 30 heavy (non-hydrogen) atoms. The molecule has 6 heteroatoms. The average Bonchev–Trinajstić information content (AvgIpc) is 2.76. The van der Waals surface area contributed by atoms with Crippen LogP contribution in [-0.2, 0) is 9.47 Å². The molecule has 0 radical (unpaired) electrons. The third-order valence-corrected chi connectivity index (χ3v) is 7.41. The molecule has 6 nitrogen and oxygen atoms in total. The van der Waals surface area contributed by atoms with Crippen molar-refractivity contribution in [3.63, 3.8) is 0 Å². The summed E-state index contributed by atoms with van der Waals surface area (Å²) >= 11 is 0. The second-order valence-corrected chi connectivity index (χ2v) is 10.00. The van der Waals surface area contributed by atoms with Gasteiger partial charge in [-0.05, 0) is 71.9 Å². The molecule has 0 bridgehead atoms. The van der Waals surface area contributed by atoms with Gasteiger partial charge in [-0.1, -0.05) is 19.8 Å². The number of guanidine groups is 1. The van der Waals surface area contributed by atoms with E-state index in [1.165, 1.54) is 38.5 Å². The van der Waals surface area contributed by atoms with Crippen LogP contribution in [-0.4, -0.2) is 87.0 Å². The molecule has 2 aliphatic heterocycles. The average molecular weight is 423 g/mol. The number of ether oxygens (including phenoxy) is 2. The molecule has 3 aliphatic rings. The van der Waals surface area contributed by atoms with Crippen LogP contribution in [0.2, 0.25) is 0 Å². The van der Waals surface area contributed by atoms with Crippen LogP contribution in [0.1, 0.15) is 71.6 Å². The molecule has 3 atom stereocenters. The van der Waals surface area contributed by atoms with Crippen molar-refractivity contribution in [1.82, 2.24) is 15.1 Å². The van der Waals surface area contributed by atoms with Gasteiger partial charge in [-0.25, -0.2) is 0 Å². The molecule has 3 rings (SSSR count). The monoisotopic (exact) mass is 422 g/mol. The lowest BCUT2D eigenvalue weighted by Crippen LogP contribution is -2.52. The van der Waals surface area contributed by atoms with Gasteiger partial charge in [0.05, 0.1) is 25.4 Å². The number of hydrogen-bond acceptors (Lipinski definition) is 4. The first-order valence-corrected chi connectivity index (χ1v) is 12.5. The highest BCUT2D eigenvalue weighted by Gasteiger charge is 2.37. The topological polar surface area (TPSA) is 49.3 Å². The van der Waals surface area contributed by atoms with Crippen molar-refractivity contribution >= 4 is 5.96 Å². The van der Waals surface area contributed by atoms with Gasteiger partial charge in [-0.2, -0.15) is 0 Å². The zero-order valence-electron chi connectivity index (χ0n) is 20.0. The largest absolute Gasteiger partial charge is 0.376 e. The molecule has 0 spiro atoms. The Labute approximate surface area is 184 Å². The molecule has 174 valence electrons. The normalized spacial score (nSPS) is 31.9. The third kappa shape index (κ3) is 6.57. The second kappa shape index (κ2) is 11.7. The van der Waals surface area contributed by atoms with Crippen molar-refractivity contribution in [2.75, 3.05) is 53.5 Å². The maximum absolute atomic E-state index is 6.21. The fourth-order valence-electron chi connectivity index (χ4n) is 5.39. The van der Waals surface area contributed by atoms with Crippen molar-refractivity contribution in [2.45, 2.75) is 89.4 Å². The van der Waals surface area contributed by atoms with Gasteiger partial charge in [0.2, 0.25) is 0 Å². The van der Waals surface area contributed by atoms with E-state index in [4.69, 9.17) is 14.5 Å². The van der Waals surface area contributed by atoms with E-state index in [-0.39, 0.29) is 5.54 Å². The Morgan fingerprint density at radius 3 is 2.60 bits per heavy atom. The highest BCUT2D eigenvalue weighted by atomic mass is 16.5. The quantitative estimate of drug-likeness (QED) is 0.503. The lowest BCUT2D eigenvalue weighted by atomic mass is 9.75. The van der Waals surface area contributed by atoms with Gasteiger partial charge in [0, 0.05) is 31.8 Å². The first-order valence-electron chi connectivity index (χ1n) is 12.5. The summed E-state index contributed by atoms with van der Waals surface area (Å²) in [6, 6.07) is 0. The molecule has 0 aromatic carbocycles. The second-order valence-electron chi connectivity index (χ2n) is 10.00. The summed E-state index contributed by atoms with van der Waals surface area (Å²) < 4.78 is 12.0. The van der Waals surface area contributed by atoms with Crippen molar-refractivity contribution in [3.8, 4) is 0 Å². The molecule has 1 saturated carbocycles. The summed E-state index contributed by atoms with van der Waals surface area (Å²) in [6.45, 7) is 10.1. The number of hydrogen-bond donors (Lipinski definition) is 1. The maximum atomic E-state index is 6.21. The molecule has 2 heterocycles. The number of likely N-dealkylation sites (N-methyl/N-ethyl adjacent to an activating group) is 1. The number of likely N-dealkylation sites (tertiary alicyclic amines) is 1. The van der Waals surface area contributed by atoms with Crippen LogP contribution in [0.15, 0.2) is 4.99 Å². The summed E-state index contributed by atoms with van der Waals surface area (Å²) in [5, 5.41) is 3.55. The Balaban J connectivity index is 1.51. The van der Waals surface area contributed by atoms with E-state index in [1.807, 2.05) is 0 Å². The highest BCUT2D eigenvalue weighted by Crippen LogP contribution is 2.36. The smallest absolute Gasteiger partial charge is 0.193 e. The van der Waals surface area contributed by atoms with E-state index in [0.29, 0.717) is 12.2 Å². The zero-order valence-corrected chi connectivity index (χ0v) is 20.0. The van der Waals surface area contributed by atoms with Crippen LogP contribution in [0.5, 0.6) is 0 Å². The van der Waals surface area contributed by atoms with Crippen LogP contribution in [0.4, 0.5) is 0 Å². The summed E-state index contributed by atoms with van der Waals surface area (Å²) in [5.41, 5.74) is 0.208. The van der Waals surface area contributed by atoms with Gasteiger partial charge in [0.25, 0.3) is 0 Å². The third-order valence-electron chi connectivity index (χ3n) is 7.41. The van der Waals surface area contributed by atoms with Gasteiger partial charge < -0.3 is 24.6 Å². The minimum atomic E-state index is 0.208. The van der Waals surface area contributed by atoms with E-state index in [0.717, 1.165) is 70.5 Å². The molecular formula is C24H46N4O2. The standard InChI is InChI=1S/C24H46N4O2/c1-5-25-23(26-19-24(27(3)4)13-8-9-20(2)17-24)28-14-11-21(12-15-28)30-18-22-10-6-7-16-29-22/h20-22H,5-19H2,1-4H3,(H,25,26). The van der Waals surface area contributed by atoms with Crippen molar-refractivity contribution < 1.29 is 9.47 Å². The number of nitrogens with zero attached hydrogens (tertiary/aromatic N) is 3. The molecule has 2 saturated heterocycles. The van der Waals surface area contributed by atoms with Crippen LogP contribution in [0.3, 0.4) is 0 Å². The fourth-order valence-corrected chi connectivity index (χ4v) is 5.39. The predicted octanol–water partition coefficient (Wildman–Crippen LogP) is 3.51. The van der Waals surface area contributed by atoms with Crippen molar-refractivity contribution in [3.05, 3.63) is 0 Å². The maximum Gasteiger partial charge on any atom is 0.193 e. The minimum absolute atomic E-state index is 0.208. The highest BCUT2D eigenvalue weighted by molar-refractivity contribution is 5.80. The number of piperidine rings is 1. The first kappa shape index (κ1) is 23.8. The number of rotatable bonds is 7. The van der Waals surface area contributed by atoms with E-state index in [9.17, 15) is 0 Å². The van der Waals surface area contributed by atoms with E-state index >= 15 is 0 Å². The van der Waals surface area contributed by atoms with Crippen LogP contribution in [0.25, 0.3) is 0 Å². The van der Waals surface area contributed by atoms with Gasteiger partial charge in [0.1, 0.15) is 0 Å². The molecular weight excluding hydrogens is 376 g/mol. The minimum Gasteiger partial charge on any atom is -0.376 e. The summed E-state index contributed by atoms with van der Waals surface area (Å²) in [6.07, 6.45) is 11.7. The molecule has 0 aromatic rings.